The molecule has 1 aliphatic heterocycles. The molecule has 1 unspecified atom stereocenters. The Kier molecular flexibility index (Phi) is 7.02. The maximum absolute atomic E-state index is 13.0. The van der Waals surface area contributed by atoms with E-state index in [-0.39, 0.29) is 16.7 Å². The van der Waals surface area contributed by atoms with E-state index in [9.17, 15) is 13.2 Å². The van der Waals surface area contributed by atoms with Gasteiger partial charge in [0.1, 0.15) is 10.6 Å². The number of anilines is 1. The Morgan fingerprint density at radius 1 is 1.31 bits per heavy atom. The van der Waals surface area contributed by atoms with E-state index in [0.29, 0.717) is 37.1 Å². The molecule has 0 saturated carbocycles. The number of hydrogen-bond acceptors (Lipinski definition) is 5. The molecule has 1 aromatic carbocycles. The Bertz CT molecular complexity index is 728. The van der Waals surface area contributed by atoms with Crippen LogP contribution < -0.4 is 15.4 Å². The first-order valence-corrected chi connectivity index (χ1v) is 10.6. The van der Waals surface area contributed by atoms with Gasteiger partial charge in [-0.05, 0) is 44.1 Å². The lowest BCUT2D eigenvalue weighted by Crippen LogP contribution is -2.48. The fourth-order valence-corrected chi connectivity index (χ4v) is 4.51. The highest BCUT2D eigenvalue weighted by Crippen LogP contribution is 2.30. The lowest BCUT2D eigenvalue weighted by molar-refractivity contribution is -0.121. The van der Waals surface area contributed by atoms with Crippen molar-refractivity contribution in [3.8, 4) is 5.75 Å². The molecule has 1 aliphatic rings. The topological polar surface area (TPSA) is 87.7 Å². The maximum atomic E-state index is 13.0. The minimum atomic E-state index is -3.70. The highest BCUT2D eigenvalue weighted by molar-refractivity contribution is 7.89. The van der Waals surface area contributed by atoms with Gasteiger partial charge in [0.25, 0.3) is 0 Å². The zero-order chi connectivity index (χ0) is 19.3. The molecule has 2 N–H and O–H groups in total. The van der Waals surface area contributed by atoms with Gasteiger partial charge in [0.2, 0.25) is 15.9 Å². The minimum Gasteiger partial charge on any atom is -0.492 e. The highest BCUT2D eigenvalue weighted by Gasteiger charge is 2.30. The maximum Gasteiger partial charge on any atom is 0.246 e. The van der Waals surface area contributed by atoms with Crippen molar-refractivity contribution in [3.05, 3.63) is 18.2 Å². The number of rotatable bonds is 9. The minimum absolute atomic E-state index is 0.0822. The third-order valence-electron chi connectivity index (χ3n) is 4.77. The molecular weight excluding hydrogens is 354 g/mol. The van der Waals surface area contributed by atoms with Crippen LogP contribution in [0.1, 0.15) is 27.7 Å². The largest absolute Gasteiger partial charge is 0.492 e. The van der Waals surface area contributed by atoms with Crippen molar-refractivity contribution in [2.75, 3.05) is 38.1 Å². The van der Waals surface area contributed by atoms with Crippen LogP contribution in [-0.2, 0) is 14.8 Å². The lowest BCUT2D eigenvalue weighted by Gasteiger charge is -2.31. The molecule has 0 radical (unpaired) electrons. The molecule has 1 heterocycles. The van der Waals surface area contributed by atoms with Gasteiger partial charge in [-0.1, -0.05) is 20.8 Å². The Balaban J connectivity index is 2.31. The summed E-state index contributed by atoms with van der Waals surface area (Å²) in [5.74, 6) is 0.378. The SMILES string of the molecule is CCOc1ccc(NC(=O)C(C)C2CNC2)cc1S(=O)(=O)N(CC)CC. The smallest absolute Gasteiger partial charge is 0.246 e. The lowest BCUT2D eigenvalue weighted by atomic mass is 9.88. The standard InChI is InChI=1S/C18H29N3O4S/c1-5-21(6-2)26(23,24)17-10-15(8-9-16(17)25-7-3)20-18(22)13(4)14-11-19-12-14/h8-10,13-14,19H,5-7,11-12H2,1-4H3,(H,20,22). The van der Waals surface area contributed by atoms with Crippen LogP contribution >= 0.6 is 0 Å². The Labute approximate surface area is 156 Å². The molecule has 0 bridgehead atoms. The Morgan fingerprint density at radius 2 is 1.96 bits per heavy atom. The van der Waals surface area contributed by atoms with E-state index in [1.807, 2.05) is 6.92 Å². The van der Waals surface area contributed by atoms with Gasteiger partial charge in [0, 0.05) is 24.7 Å². The van der Waals surface area contributed by atoms with Crippen molar-refractivity contribution in [2.45, 2.75) is 32.6 Å². The van der Waals surface area contributed by atoms with Crippen molar-refractivity contribution < 1.29 is 17.9 Å². The van der Waals surface area contributed by atoms with E-state index >= 15 is 0 Å². The van der Waals surface area contributed by atoms with Crippen LogP contribution in [0.25, 0.3) is 0 Å². The van der Waals surface area contributed by atoms with Crippen molar-refractivity contribution in [1.82, 2.24) is 9.62 Å². The molecule has 1 aromatic rings. The predicted molar refractivity (Wildman–Crippen MR) is 102 cm³/mol. The van der Waals surface area contributed by atoms with Crippen LogP contribution in [0, 0.1) is 11.8 Å². The fraction of sp³-hybridized carbons (Fsp3) is 0.611. The summed E-state index contributed by atoms with van der Waals surface area (Å²) in [5.41, 5.74) is 0.461. The van der Waals surface area contributed by atoms with Gasteiger partial charge in [-0.3, -0.25) is 4.79 Å². The first-order chi connectivity index (χ1) is 12.3. The zero-order valence-corrected chi connectivity index (χ0v) is 16.7. The van der Waals surface area contributed by atoms with Crippen LogP contribution in [0.5, 0.6) is 5.75 Å². The van der Waals surface area contributed by atoms with E-state index < -0.39 is 10.0 Å². The normalized spacial score (nSPS) is 16.2. The highest BCUT2D eigenvalue weighted by atomic mass is 32.2. The van der Waals surface area contributed by atoms with E-state index in [4.69, 9.17) is 4.74 Å². The van der Waals surface area contributed by atoms with Gasteiger partial charge in [-0.2, -0.15) is 4.31 Å². The van der Waals surface area contributed by atoms with E-state index in [2.05, 4.69) is 10.6 Å². The zero-order valence-electron chi connectivity index (χ0n) is 15.9. The second-order valence-electron chi connectivity index (χ2n) is 6.38. The number of hydrogen-bond donors (Lipinski definition) is 2. The molecule has 7 nitrogen and oxygen atoms in total. The number of carbonyl (C=O) groups excluding carboxylic acids is 1. The number of amides is 1. The molecule has 1 fully saturated rings. The van der Waals surface area contributed by atoms with Crippen molar-refractivity contribution in [3.63, 3.8) is 0 Å². The molecule has 8 heteroatoms. The van der Waals surface area contributed by atoms with Crippen molar-refractivity contribution >= 4 is 21.6 Å². The molecular formula is C18H29N3O4S. The first-order valence-electron chi connectivity index (χ1n) is 9.13. The van der Waals surface area contributed by atoms with Crippen LogP contribution in [0.3, 0.4) is 0 Å². The van der Waals surface area contributed by atoms with Crippen LogP contribution in [0.15, 0.2) is 23.1 Å². The third kappa shape index (κ3) is 4.36. The number of carbonyl (C=O) groups is 1. The molecule has 26 heavy (non-hydrogen) atoms. The first kappa shape index (κ1) is 20.7. The van der Waals surface area contributed by atoms with Crippen LogP contribution in [-0.4, -0.2) is 51.4 Å². The monoisotopic (exact) mass is 383 g/mol. The fourth-order valence-electron chi connectivity index (χ4n) is 2.90. The number of nitrogens with one attached hydrogen (secondary N) is 2. The summed E-state index contributed by atoms with van der Waals surface area (Å²) in [5, 5.41) is 6.00. The van der Waals surface area contributed by atoms with E-state index in [1.54, 1.807) is 32.9 Å². The molecule has 0 spiro atoms. The summed E-state index contributed by atoms with van der Waals surface area (Å²) in [7, 11) is -3.70. The molecule has 0 aliphatic carbocycles. The number of ether oxygens (including phenoxy) is 1. The third-order valence-corrected chi connectivity index (χ3v) is 6.84. The van der Waals surface area contributed by atoms with Gasteiger partial charge in [-0.15, -0.1) is 0 Å². The summed E-state index contributed by atoms with van der Waals surface area (Å²) in [4.78, 5) is 12.5. The summed E-state index contributed by atoms with van der Waals surface area (Å²) in [6, 6.07) is 4.77. The van der Waals surface area contributed by atoms with Gasteiger partial charge in [0.05, 0.1) is 6.61 Å². The Morgan fingerprint density at radius 3 is 2.46 bits per heavy atom. The van der Waals surface area contributed by atoms with Gasteiger partial charge < -0.3 is 15.4 Å². The van der Waals surface area contributed by atoms with Crippen molar-refractivity contribution in [1.29, 1.82) is 0 Å². The summed E-state index contributed by atoms with van der Waals surface area (Å²) in [6.07, 6.45) is 0. The second-order valence-corrected chi connectivity index (χ2v) is 8.29. The second kappa shape index (κ2) is 8.83. The average Bonchev–Trinajstić information content (AvgIpc) is 2.55. The molecule has 146 valence electrons. The summed E-state index contributed by atoms with van der Waals surface area (Å²) in [6.45, 7) is 10.0. The molecule has 1 amide bonds. The molecule has 0 aromatic heterocycles. The molecule has 1 saturated heterocycles. The number of nitrogens with zero attached hydrogens (tertiary/aromatic N) is 1. The quantitative estimate of drug-likeness (QED) is 0.680. The number of benzene rings is 1. The van der Waals surface area contributed by atoms with Gasteiger partial charge in [-0.25, -0.2) is 8.42 Å². The van der Waals surface area contributed by atoms with Gasteiger partial charge >= 0.3 is 0 Å². The van der Waals surface area contributed by atoms with Crippen LogP contribution in [0.4, 0.5) is 5.69 Å². The average molecular weight is 384 g/mol. The Hall–Kier alpha value is -1.64. The predicted octanol–water partition coefficient (Wildman–Crippen LogP) is 1.91. The van der Waals surface area contributed by atoms with E-state index in [0.717, 1.165) is 13.1 Å². The molecule has 1 atom stereocenters. The number of sulfonamides is 1. The summed E-state index contributed by atoms with van der Waals surface area (Å²) >= 11 is 0. The summed E-state index contributed by atoms with van der Waals surface area (Å²) < 4.78 is 32.8. The molecule has 2 rings (SSSR count). The van der Waals surface area contributed by atoms with Crippen molar-refractivity contribution in [2.24, 2.45) is 11.8 Å². The van der Waals surface area contributed by atoms with Crippen LogP contribution in [0.2, 0.25) is 0 Å². The van der Waals surface area contributed by atoms with Gasteiger partial charge in [0.15, 0.2) is 0 Å². The van der Waals surface area contributed by atoms with E-state index in [1.165, 1.54) is 10.4 Å².